The topological polar surface area (TPSA) is 183 Å². The van der Waals surface area contributed by atoms with E-state index in [-0.39, 0.29) is 35.5 Å². The number of fused-ring (bicyclic) bond motifs is 6. The van der Waals surface area contributed by atoms with E-state index in [0.29, 0.717) is 12.2 Å². The second kappa shape index (κ2) is 17.5. The van der Waals surface area contributed by atoms with Crippen LogP contribution in [0.3, 0.4) is 0 Å². The summed E-state index contributed by atoms with van der Waals surface area (Å²) in [5.41, 5.74) is -0.0925. The Kier molecular flexibility index (Phi) is 14.8. The molecule has 2 rings (SSSR count). The van der Waals surface area contributed by atoms with Crippen LogP contribution in [0, 0.1) is 11.8 Å². The fourth-order valence-corrected chi connectivity index (χ4v) is 7.55. The third-order valence-electron chi connectivity index (χ3n) is 6.50. The largest absolute Gasteiger partial charge is 0.480 e. The van der Waals surface area contributed by atoms with Crippen molar-refractivity contribution in [3.05, 3.63) is 23.9 Å². The Labute approximate surface area is 258 Å². The van der Waals surface area contributed by atoms with Crippen molar-refractivity contribution in [3.63, 3.8) is 0 Å². The summed E-state index contributed by atoms with van der Waals surface area (Å²) in [5, 5.41) is 22.3. The molecule has 2 heterocycles. The van der Waals surface area contributed by atoms with Crippen LogP contribution in [0.4, 0.5) is 0 Å². The van der Waals surface area contributed by atoms with Crippen molar-refractivity contribution in [3.8, 4) is 0 Å². The fraction of sp³-hybridized carbons (Fsp3) is 0.630. The number of hydrogen-bond acceptors (Lipinski definition) is 9. The highest BCUT2D eigenvalue weighted by molar-refractivity contribution is 8.76. The van der Waals surface area contributed by atoms with E-state index < -0.39 is 64.9 Å². The molecular formula is C27H41N5O7S3. The second-order valence-electron chi connectivity index (χ2n) is 10.5. The van der Waals surface area contributed by atoms with Crippen LogP contribution in [0.15, 0.2) is 23.9 Å². The molecule has 0 aromatic carbocycles. The molecule has 42 heavy (non-hydrogen) atoms. The van der Waals surface area contributed by atoms with Gasteiger partial charge < -0.3 is 31.7 Å². The second-order valence-corrected chi connectivity index (χ2v) is 14.4. The van der Waals surface area contributed by atoms with E-state index in [1.54, 1.807) is 46.8 Å². The predicted octanol–water partition coefficient (Wildman–Crippen LogP) is 1.19. The lowest BCUT2D eigenvalue weighted by Gasteiger charge is -2.29. The van der Waals surface area contributed by atoms with Crippen molar-refractivity contribution >= 4 is 68.9 Å². The number of carbonyl (C=O) groups excluding carboxylic acids is 5. The van der Waals surface area contributed by atoms with Gasteiger partial charge in [-0.25, -0.2) is 0 Å². The molecule has 0 aromatic heterocycles. The minimum absolute atomic E-state index is 0.0801. The molecule has 0 saturated carbocycles. The maximum atomic E-state index is 13.4. The lowest BCUT2D eigenvalue weighted by molar-refractivity contribution is -0.137. The Morgan fingerprint density at radius 3 is 2.26 bits per heavy atom. The van der Waals surface area contributed by atoms with E-state index >= 15 is 0 Å². The van der Waals surface area contributed by atoms with E-state index in [4.69, 9.17) is 0 Å². The van der Waals surface area contributed by atoms with Gasteiger partial charge in [0.1, 0.15) is 29.1 Å². The lowest BCUT2D eigenvalue weighted by Crippen LogP contribution is -2.58. The van der Waals surface area contributed by atoms with Crippen molar-refractivity contribution < 1.29 is 33.9 Å². The zero-order valence-electron chi connectivity index (χ0n) is 24.4. The number of hydrogen-bond donors (Lipinski definition) is 6. The Bertz CT molecular complexity index is 1080. The van der Waals surface area contributed by atoms with Crippen LogP contribution in [0.25, 0.3) is 0 Å². The molecule has 234 valence electrons. The zero-order valence-corrected chi connectivity index (χ0v) is 26.9. The highest BCUT2D eigenvalue weighted by Crippen LogP contribution is 2.24. The van der Waals surface area contributed by atoms with E-state index in [9.17, 15) is 33.9 Å². The highest BCUT2D eigenvalue weighted by Gasteiger charge is 2.35. The third kappa shape index (κ3) is 10.9. The first kappa shape index (κ1) is 35.5. The third-order valence-corrected chi connectivity index (χ3v) is 10.2. The number of allylic oxidation sites excluding steroid dienone is 2. The highest BCUT2D eigenvalue weighted by atomic mass is 33.1. The van der Waals surface area contributed by atoms with Crippen molar-refractivity contribution in [2.75, 3.05) is 17.3 Å². The van der Waals surface area contributed by atoms with Gasteiger partial charge in [-0.1, -0.05) is 67.5 Å². The van der Waals surface area contributed by atoms with Crippen LogP contribution in [0.2, 0.25) is 0 Å². The monoisotopic (exact) mass is 643 g/mol. The predicted molar refractivity (Wildman–Crippen MR) is 166 cm³/mol. The molecule has 2 aliphatic heterocycles. The van der Waals surface area contributed by atoms with Crippen molar-refractivity contribution in [2.24, 2.45) is 11.8 Å². The molecule has 1 unspecified atom stereocenters. The van der Waals surface area contributed by atoms with Crippen LogP contribution in [-0.4, -0.2) is 87.3 Å². The minimum Gasteiger partial charge on any atom is -0.480 e. The summed E-state index contributed by atoms with van der Waals surface area (Å²) in [5.74, 6) is -3.81. The van der Waals surface area contributed by atoms with E-state index in [1.807, 2.05) is 0 Å². The van der Waals surface area contributed by atoms with Gasteiger partial charge in [0.2, 0.25) is 23.6 Å². The van der Waals surface area contributed by atoms with Gasteiger partial charge in [0, 0.05) is 23.7 Å². The van der Waals surface area contributed by atoms with Crippen LogP contribution < -0.4 is 26.6 Å². The smallest absolute Gasteiger partial charge is 0.318 e. The number of nitrogens with one attached hydrogen (secondary N) is 5. The normalized spacial score (nSPS) is 29.6. The van der Waals surface area contributed by atoms with Crippen LogP contribution in [0.5, 0.6) is 0 Å². The van der Waals surface area contributed by atoms with E-state index in [2.05, 4.69) is 26.6 Å². The molecule has 0 aromatic rings. The molecule has 15 heteroatoms. The molecular weight excluding hydrogens is 603 g/mol. The molecule has 0 radical (unpaired) electrons. The maximum absolute atomic E-state index is 13.4. The molecule has 5 amide bonds. The Hall–Kier alpha value is -2.65. The standard InChI is InChI=1S/C27H41N5O7S3/c1-6-16-23(34)31-20(14(2)3)22(27(38)39)40-12-10-19(33)28-17-9-7-8-11-41-42-13-18(25(36)29-16)30-26(37)21(15(4)5)32-24(17)35/h6-7,9,14-15,17-18,20-22H,8,10-13H2,1-5H3,(H,28,33)(H,29,36)(H,30,37)(H,31,34)(H,32,35)(H,38,39)/b9-7+,16-6-/t17-,18-,20-,21+,22?/m0/s1. The summed E-state index contributed by atoms with van der Waals surface area (Å²) in [4.78, 5) is 78.3. The Balaban J connectivity index is 2.55. The average molecular weight is 644 g/mol. The Morgan fingerprint density at radius 2 is 1.64 bits per heavy atom. The number of carboxylic acids is 1. The number of rotatable bonds is 3. The van der Waals surface area contributed by atoms with Gasteiger partial charge in [0.05, 0.1) is 6.04 Å². The van der Waals surface area contributed by atoms with E-state index in [0.717, 1.165) is 11.8 Å². The van der Waals surface area contributed by atoms with Gasteiger partial charge in [-0.15, -0.1) is 11.8 Å². The van der Waals surface area contributed by atoms with Gasteiger partial charge in [-0.05, 0) is 25.2 Å². The van der Waals surface area contributed by atoms with Crippen molar-refractivity contribution in [1.82, 2.24) is 26.6 Å². The summed E-state index contributed by atoms with van der Waals surface area (Å²) in [7, 11) is 2.86. The van der Waals surface area contributed by atoms with Gasteiger partial charge in [-0.3, -0.25) is 28.8 Å². The number of carbonyl (C=O) groups is 6. The first-order valence-corrected chi connectivity index (χ1v) is 17.3. The van der Waals surface area contributed by atoms with Gasteiger partial charge in [0.15, 0.2) is 0 Å². The SMILES string of the molecule is C/C=C1\NC(=O)[C@@H]2CSSCC/C=C/[C@H](NC(=O)CCSC(C(=O)O)[C@H](C(C)C)NC1=O)C(=O)N[C@H](C(C)C)C(=O)N2. The summed E-state index contributed by atoms with van der Waals surface area (Å²) in [6.45, 7) is 8.58. The molecule has 1 saturated heterocycles. The molecule has 1 fully saturated rings. The molecule has 0 aliphatic carbocycles. The Morgan fingerprint density at radius 1 is 0.929 bits per heavy atom. The maximum Gasteiger partial charge on any atom is 0.318 e. The lowest BCUT2D eigenvalue weighted by atomic mass is 10.00. The molecule has 2 bridgehead atoms. The van der Waals surface area contributed by atoms with Crippen LogP contribution in [-0.2, 0) is 28.8 Å². The average Bonchev–Trinajstić information content (AvgIpc) is 2.92. The number of amides is 5. The molecule has 0 spiro atoms. The number of aliphatic carboxylic acids is 1. The van der Waals surface area contributed by atoms with Gasteiger partial charge in [0.25, 0.3) is 5.91 Å². The van der Waals surface area contributed by atoms with Crippen LogP contribution >= 0.6 is 33.3 Å². The first-order valence-electron chi connectivity index (χ1n) is 13.8. The number of thioether (sulfide) groups is 1. The summed E-state index contributed by atoms with van der Waals surface area (Å²) in [6.07, 6.45) is 5.26. The zero-order chi connectivity index (χ0) is 31.4. The molecule has 6 N–H and O–H groups in total. The van der Waals surface area contributed by atoms with Gasteiger partial charge >= 0.3 is 5.97 Å². The molecule has 12 nitrogen and oxygen atoms in total. The molecule has 5 atom stereocenters. The quantitative estimate of drug-likeness (QED) is 0.148. The van der Waals surface area contributed by atoms with Crippen LogP contribution in [0.1, 0.15) is 47.5 Å². The fourth-order valence-electron chi connectivity index (χ4n) is 4.10. The summed E-state index contributed by atoms with van der Waals surface area (Å²) < 4.78 is 0. The molecule has 2 aliphatic rings. The minimum atomic E-state index is -1.16. The summed E-state index contributed by atoms with van der Waals surface area (Å²) >= 11 is 1.01. The first-order chi connectivity index (χ1) is 19.8. The van der Waals surface area contributed by atoms with Gasteiger partial charge in [-0.2, -0.15) is 0 Å². The van der Waals surface area contributed by atoms with Crippen molar-refractivity contribution in [2.45, 2.75) is 76.9 Å². The number of carboxylic acid groups (broad SMARTS) is 1. The van der Waals surface area contributed by atoms with E-state index in [1.165, 1.54) is 27.7 Å². The summed E-state index contributed by atoms with van der Waals surface area (Å²) in [6, 6.07) is -3.95. The van der Waals surface area contributed by atoms with Crippen molar-refractivity contribution in [1.29, 1.82) is 0 Å².